The number of rotatable bonds is 6. The number of carbonyl (C=O) groups is 2. The van der Waals surface area contributed by atoms with E-state index in [1.165, 1.54) is 10.9 Å². The lowest BCUT2D eigenvalue weighted by Crippen LogP contribution is -2.44. The van der Waals surface area contributed by atoms with Gasteiger partial charge in [-0.25, -0.2) is 9.78 Å². The molecule has 0 saturated carbocycles. The van der Waals surface area contributed by atoms with Crippen molar-refractivity contribution in [2.75, 3.05) is 0 Å². The molecule has 0 aliphatic carbocycles. The van der Waals surface area contributed by atoms with Crippen LogP contribution in [0, 0.1) is 0 Å². The van der Waals surface area contributed by atoms with Crippen LogP contribution in [0.2, 0.25) is 0 Å². The van der Waals surface area contributed by atoms with Crippen LogP contribution in [0.15, 0.2) is 65.7 Å². The predicted octanol–water partition coefficient (Wildman–Crippen LogP) is 1.21. The summed E-state index contributed by atoms with van der Waals surface area (Å²) >= 11 is 0. The molecule has 3 rings (SSSR count). The molecule has 0 aliphatic heterocycles. The molecule has 0 aliphatic rings. The number of carboxylic acid groups (broad SMARTS) is 1. The SMILES string of the molecule is O=C(Cn1cnc2ccccc2c1=O)N[C@H](Cc1ccccc1)C(=O)O. The van der Waals surface area contributed by atoms with Gasteiger partial charge in [-0.1, -0.05) is 42.5 Å². The van der Waals surface area contributed by atoms with Gasteiger partial charge >= 0.3 is 5.97 Å². The molecule has 0 radical (unpaired) electrons. The fraction of sp³-hybridized carbons (Fsp3) is 0.158. The molecule has 26 heavy (non-hydrogen) atoms. The average molecular weight is 351 g/mol. The Morgan fingerprint density at radius 2 is 1.77 bits per heavy atom. The zero-order valence-electron chi connectivity index (χ0n) is 13.8. The molecule has 0 saturated heterocycles. The summed E-state index contributed by atoms with van der Waals surface area (Å²) < 4.78 is 1.17. The Labute approximate surface area is 148 Å². The lowest BCUT2D eigenvalue weighted by Gasteiger charge is -2.15. The molecule has 2 N–H and O–H groups in total. The molecule has 7 heteroatoms. The summed E-state index contributed by atoms with van der Waals surface area (Å²) in [5.41, 5.74) is 0.993. The maximum atomic E-state index is 12.4. The number of aromatic nitrogens is 2. The van der Waals surface area contributed by atoms with Crippen molar-refractivity contribution in [3.8, 4) is 0 Å². The number of hydrogen-bond donors (Lipinski definition) is 2. The number of nitrogens with one attached hydrogen (secondary N) is 1. The quantitative estimate of drug-likeness (QED) is 0.695. The van der Waals surface area contributed by atoms with Gasteiger partial charge in [-0.05, 0) is 17.7 Å². The third kappa shape index (κ3) is 3.94. The van der Waals surface area contributed by atoms with Crippen LogP contribution in [-0.4, -0.2) is 32.6 Å². The van der Waals surface area contributed by atoms with E-state index in [0.717, 1.165) is 5.56 Å². The number of carbonyl (C=O) groups excluding carboxylic acids is 1. The zero-order valence-corrected chi connectivity index (χ0v) is 13.8. The van der Waals surface area contributed by atoms with Gasteiger partial charge in [0.05, 0.1) is 17.2 Å². The van der Waals surface area contributed by atoms with Crippen LogP contribution in [0.25, 0.3) is 10.9 Å². The van der Waals surface area contributed by atoms with Gasteiger partial charge in [-0.3, -0.25) is 14.2 Å². The number of fused-ring (bicyclic) bond motifs is 1. The molecule has 1 aromatic heterocycles. The van der Waals surface area contributed by atoms with Crippen molar-refractivity contribution in [1.29, 1.82) is 0 Å². The first-order valence-electron chi connectivity index (χ1n) is 8.05. The molecule has 7 nitrogen and oxygen atoms in total. The van der Waals surface area contributed by atoms with E-state index in [9.17, 15) is 19.5 Å². The zero-order chi connectivity index (χ0) is 18.5. The fourth-order valence-electron chi connectivity index (χ4n) is 2.66. The van der Waals surface area contributed by atoms with E-state index >= 15 is 0 Å². The van der Waals surface area contributed by atoms with Gasteiger partial charge in [-0.2, -0.15) is 0 Å². The summed E-state index contributed by atoms with van der Waals surface area (Å²) in [6.07, 6.45) is 1.45. The van der Waals surface area contributed by atoms with E-state index < -0.39 is 17.9 Å². The summed E-state index contributed by atoms with van der Waals surface area (Å²) in [5.74, 6) is -1.70. The number of hydrogen-bond acceptors (Lipinski definition) is 4. The standard InChI is InChI=1S/C19H17N3O4/c23-17(21-16(19(25)26)10-13-6-2-1-3-7-13)11-22-12-20-15-9-5-4-8-14(15)18(22)24/h1-9,12,16H,10-11H2,(H,21,23)(H,25,26)/t16-/m1/s1. The Morgan fingerprint density at radius 1 is 1.08 bits per heavy atom. The van der Waals surface area contributed by atoms with Gasteiger partial charge in [0.15, 0.2) is 0 Å². The Balaban J connectivity index is 1.74. The van der Waals surface area contributed by atoms with Crippen LogP contribution in [-0.2, 0) is 22.6 Å². The maximum absolute atomic E-state index is 12.4. The van der Waals surface area contributed by atoms with Crippen LogP contribution < -0.4 is 10.9 Å². The summed E-state index contributed by atoms with van der Waals surface area (Å²) in [6, 6.07) is 14.8. The first kappa shape index (κ1) is 17.3. The lowest BCUT2D eigenvalue weighted by molar-refractivity contribution is -0.141. The molecule has 0 bridgehead atoms. The Bertz CT molecular complexity index is 998. The molecule has 1 atom stereocenters. The van der Waals surface area contributed by atoms with Crippen LogP contribution in [0.5, 0.6) is 0 Å². The fourth-order valence-corrected chi connectivity index (χ4v) is 2.66. The monoisotopic (exact) mass is 351 g/mol. The van der Waals surface area contributed by atoms with E-state index in [-0.39, 0.29) is 18.5 Å². The van der Waals surface area contributed by atoms with Crippen molar-refractivity contribution < 1.29 is 14.7 Å². The minimum Gasteiger partial charge on any atom is -0.480 e. The Kier molecular flexibility index (Phi) is 5.07. The predicted molar refractivity (Wildman–Crippen MR) is 95.7 cm³/mol. The average Bonchev–Trinajstić information content (AvgIpc) is 2.64. The van der Waals surface area contributed by atoms with E-state index in [1.807, 2.05) is 6.07 Å². The molecule has 2 aromatic carbocycles. The largest absolute Gasteiger partial charge is 0.480 e. The normalized spacial score (nSPS) is 11.8. The van der Waals surface area contributed by atoms with E-state index in [2.05, 4.69) is 10.3 Å². The third-order valence-electron chi connectivity index (χ3n) is 3.96. The van der Waals surface area contributed by atoms with Gasteiger partial charge in [0, 0.05) is 6.42 Å². The number of nitrogens with zero attached hydrogens (tertiary/aromatic N) is 2. The number of amides is 1. The highest BCUT2D eigenvalue weighted by Crippen LogP contribution is 2.05. The van der Waals surface area contributed by atoms with Crippen LogP contribution in [0.1, 0.15) is 5.56 Å². The van der Waals surface area contributed by atoms with Gasteiger partial charge in [0.2, 0.25) is 5.91 Å². The highest BCUT2D eigenvalue weighted by molar-refractivity contribution is 5.84. The molecule has 3 aromatic rings. The van der Waals surface area contributed by atoms with Crippen LogP contribution in [0.4, 0.5) is 0 Å². The lowest BCUT2D eigenvalue weighted by atomic mass is 10.1. The number of para-hydroxylation sites is 1. The van der Waals surface area contributed by atoms with Crippen molar-refractivity contribution in [2.45, 2.75) is 19.0 Å². The Hall–Kier alpha value is -3.48. The Morgan fingerprint density at radius 3 is 2.50 bits per heavy atom. The second kappa shape index (κ2) is 7.60. The topological polar surface area (TPSA) is 101 Å². The first-order chi connectivity index (χ1) is 12.5. The van der Waals surface area contributed by atoms with Crippen molar-refractivity contribution in [3.63, 3.8) is 0 Å². The van der Waals surface area contributed by atoms with Crippen molar-refractivity contribution in [2.24, 2.45) is 0 Å². The minimum atomic E-state index is -1.13. The minimum absolute atomic E-state index is 0.160. The van der Waals surface area contributed by atoms with E-state index in [1.54, 1.807) is 48.5 Å². The molecule has 0 fully saturated rings. The number of carboxylic acids is 1. The molecule has 132 valence electrons. The molecule has 1 amide bonds. The molecular weight excluding hydrogens is 334 g/mol. The smallest absolute Gasteiger partial charge is 0.326 e. The highest BCUT2D eigenvalue weighted by atomic mass is 16.4. The van der Waals surface area contributed by atoms with Crippen molar-refractivity contribution in [3.05, 3.63) is 76.8 Å². The number of benzene rings is 2. The summed E-state index contributed by atoms with van der Waals surface area (Å²) in [4.78, 5) is 40.2. The van der Waals surface area contributed by atoms with Crippen LogP contribution in [0.3, 0.4) is 0 Å². The number of aliphatic carboxylic acids is 1. The van der Waals surface area contributed by atoms with Crippen molar-refractivity contribution >= 4 is 22.8 Å². The second-order valence-electron chi connectivity index (χ2n) is 5.84. The van der Waals surface area contributed by atoms with Gasteiger partial charge in [0.25, 0.3) is 5.56 Å². The van der Waals surface area contributed by atoms with Gasteiger partial charge < -0.3 is 10.4 Å². The first-order valence-corrected chi connectivity index (χ1v) is 8.05. The summed E-state index contributed by atoms with van der Waals surface area (Å²) in [7, 11) is 0. The highest BCUT2D eigenvalue weighted by Gasteiger charge is 2.20. The maximum Gasteiger partial charge on any atom is 0.326 e. The summed E-state index contributed by atoms with van der Waals surface area (Å²) in [5, 5.41) is 12.2. The van der Waals surface area contributed by atoms with Gasteiger partial charge in [-0.15, -0.1) is 0 Å². The van der Waals surface area contributed by atoms with E-state index in [4.69, 9.17) is 0 Å². The van der Waals surface area contributed by atoms with E-state index in [0.29, 0.717) is 10.9 Å². The second-order valence-corrected chi connectivity index (χ2v) is 5.84. The molecule has 0 spiro atoms. The third-order valence-corrected chi connectivity index (χ3v) is 3.96. The van der Waals surface area contributed by atoms with Gasteiger partial charge in [0.1, 0.15) is 12.6 Å². The van der Waals surface area contributed by atoms with Crippen molar-refractivity contribution in [1.82, 2.24) is 14.9 Å². The molecule has 1 heterocycles. The molecule has 0 unspecified atom stereocenters. The molecular formula is C19H17N3O4. The van der Waals surface area contributed by atoms with Crippen LogP contribution >= 0.6 is 0 Å². The summed E-state index contributed by atoms with van der Waals surface area (Å²) in [6.45, 7) is -0.296.